The van der Waals surface area contributed by atoms with Gasteiger partial charge < -0.3 is 16.0 Å². The summed E-state index contributed by atoms with van der Waals surface area (Å²) in [6.45, 7) is 4.54. The van der Waals surface area contributed by atoms with Crippen LogP contribution in [-0.4, -0.2) is 31.6 Å². The summed E-state index contributed by atoms with van der Waals surface area (Å²) in [6.07, 6.45) is 1.32. The molecular formula is C13H21N3. The summed E-state index contributed by atoms with van der Waals surface area (Å²) in [7, 11) is 2.19. The topological polar surface area (TPSA) is 41.3 Å². The Morgan fingerprint density at radius 1 is 1.38 bits per heavy atom. The van der Waals surface area contributed by atoms with E-state index in [9.17, 15) is 0 Å². The van der Waals surface area contributed by atoms with Crippen molar-refractivity contribution >= 4 is 5.69 Å². The first-order valence-corrected chi connectivity index (χ1v) is 5.98. The van der Waals surface area contributed by atoms with E-state index >= 15 is 0 Å². The van der Waals surface area contributed by atoms with Gasteiger partial charge in [-0.25, -0.2) is 0 Å². The van der Waals surface area contributed by atoms with Crippen molar-refractivity contribution in [1.82, 2.24) is 10.2 Å². The van der Waals surface area contributed by atoms with Crippen molar-refractivity contribution < 1.29 is 0 Å². The molecule has 1 fully saturated rings. The molecule has 1 aromatic rings. The summed E-state index contributed by atoms with van der Waals surface area (Å²) in [4.78, 5) is 2.40. The Kier molecular flexibility index (Phi) is 3.80. The van der Waals surface area contributed by atoms with Crippen LogP contribution < -0.4 is 11.1 Å². The maximum Gasteiger partial charge on any atom is 0.0314 e. The molecule has 1 saturated heterocycles. The summed E-state index contributed by atoms with van der Waals surface area (Å²) in [5, 5.41) is 3.52. The average Bonchev–Trinajstić information content (AvgIpc) is 2.67. The van der Waals surface area contributed by atoms with Gasteiger partial charge >= 0.3 is 0 Å². The monoisotopic (exact) mass is 219 g/mol. The van der Waals surface area contributed by atoms with Gasteiger partial charge in [0.25, 0.3) is 0 Å². The lowest BCUT2D eigenvalue weighted by molar-refractivity contribution is 0.388. The molecule has 0 aliphatic carbocycles. The molecule has 3 N–H and O–H groups in total. The molecule has 1 heterocycles. The Labute approximate surface area is 97.6 Å². The van der Waals surface area contributed by atoms with Gasteiger partial charge in [-0.15, -0.1) is 0 Å². The Balaban J connectivity index is 1.70. The van der Waals surface area contributed by atoms with Gasteiger partial charge in [0.05, 0.1) is 0 Å². The zero-order chi connectivity index (χ0) is 11.4. The summed E-state index contributed by atoms with van der Waals surface area (Å²) < 4.78 is 0. The van der Waals surface area contributed by atoms with Crippen molar-refractivity contribution in [3.05, 3.63) is 29.8 Å². The number of rotatable bonds is 4. The highest BCUT2D eigenvalue weighted by atomic mass is 15.1. The van der Waals surface area contributed by atoms with Gasteiger partial charge in [-0.3, -0.25) is 0 Å². The smallest absolute Gasteiger partial charge is 0.0314 e. The third-order valence-electron chi connectivity index (χ3n) is 3.23. The quantitative estimate of drug-likeness (QED) is 0.750. The molecule has 3 nitrogen and oxygen atoms in total. The molecular weight excluding hydrogens is 198 g/mol. The molecule has 0 radical (unpaired) electrons. The number of benzene rings is 1. The van der Waals surface area contributed by atoms with Gasteiger partial charge in [-0.05, 0) is 50.2 Å². The van der Waals surface area contributed by atoms with E-state index in [1.54, 1.807) is 0 Å². The SMILES string of the molecule is CN1CCC(CNCc2ccc(N)cc2)C1. The minimum atomic E-state index is 0.818. The Morgan fingerprint density at radius 2 is 2.12 bits per heavy atom. The van der Waals surface area contributed by atoms with Crippen LogP contribution in [0.2, 0.25) is 0 Å². The predicted molar refractivity (Wildman–Crippen MR) is 68.2 cm³/mol. The van der Waals surface area contributed by atoms with Gasteiger partial charge in [0, 0.05) is 18.8 Å². The second-order valence-corrected chi connectivity index (χ2v) is 4.79. The van der Waals surface area contributed by atoms with Crippen molar-refractivity contribution in [2.75, 3.05) is 32.4 Å². The van der Waals surface area contributed by atoms with Crippen LogP contribution >= 0.6 is 0 Å². The molecule has 1 unspecified atom stereocenters. The minimum Gasteiger partial charge on any atom is -0.399 e. The normalized spacial score (nSPS) is 21.4. The third kappa shape index (κ3) is 3.22. The zero-order valence-electron chi connectivity index (χ0n) is 9.95. The third-order valence-corrected chi connectivity index (χ3v) is 3.23. The van der Waals surface area contributed by atoms with E-state index < -0.39 is 0 Å². The first kappa shape index (κ1) is 11.4. The minimum absolute atomic E-state index is 0.818. The molecule has 1 atom stereocenters. The Hall–Kier alpha value is -1.06. The highest BCUT2D eigenvalue weighted by Gasteiger charge is 2.18. The standard InChI is InChI=1S/C13H21N3/c1-16-7-6-12(10-16)9-15-8-11-2-4-13(14)5-3-11/h2-5,12,15H,6-10,14H2,1H3. The van der Waals surface area contributed by atoms with E-state index in [-0.39, 0.29) is 0 Å². The molecule has 1 aliphatic rings. The predicted octanol–water partition coefficient (Wildman–Crippen LogP) is 1.31. The maximum atomic E-state index is 5.64. The average molecular weight is 219 g/mol. The van der Waals surface area contributed by atoms with Gasteiger partial charge in [-0.1, -0.05) is 12.1 Å². The van der Waals surface area contributed by atoms with Crippen molar-refractivity contribution in [1.29, 1.82) is 0 Å². The molecule has 3 heteroatoms. The fourth-order valence-corrected chi connectivity index (χ4v) is 2.25. The maximum absolute atomic E-state index is 5.64. The van der Waals surface area contributed by atoms with Crippen LogP contribution in [-0.2, 0) is 6.54 Å². The fraction of sp³-hybridized carbons (Fsp3) is 0.538. The van der Waals surface area contributed by atoms with Gasteiger partial charge in [0.15, 0.2) is 0 Å². The van der Waals surface area contributed by atoms with E-state index in [2.05, 4.69) is 29.4 Å². The number of likely N-dealkylation sites (tertiary alicyclic amines) is 1. The lowest BCUT2D eigenvalue weighted by Crippen LogP contribution is -2.24. The Morgan fingerprint density at radius 3 is 2.75 bits per heavy atom. The van der Waals surface area contributed by atoms with Gasteiger partial charge in [0.1, 0.15) is 0 Å². The fourth-order valence-electron chi connectivity index (χ4n) is 2.25. The van der Waals surface area contributed by atoms with E-state index in [1.807, 2.05) is 12.1 Å². The van der Waals surface area contributed by atoms with Crippen LogP contribution in [0, 0.1) is 5.92 Å². The van der Waals surface area contributed by atoms with E-state index in [0.717, 1.165) is 24.7 Å². The molecule has 0 aromatic heterocycles. The van der Waals surface area contributed by atoms with Crippen molar-refractivity contribution in [3.63, 3.8) is 0 Å². The number of hydrogen-bond donors (Lipinski definition) is 2. The summed E-state index contributed by atoms with van der Waals surface area (Å²) >= 11 is 0. The Bertz CT molecular complexity index is 320. The van der Waals surface area contributed by atoms with Crippen molar-refractivity contribution in [2.24, 2.45) is 5.92 Å². The van der Waals surface area contributed by atoms with E-state index in [4.69, 9.17) is 5.73 Å². The van der Waals surface area contributed by atoms with Crippen molar-refractivity contribution in [3.8, 4) is 0 Å². The van der Waals surface area contributed by atoms with Gasteiger partial charge in [-0.2, -0.15) is 0 Å². The molecule has 0 bridgehead atoms. The van der Waals surface area contributed by atoms with Crippen LogP contribution in [0.4, 0.5) is 5.69 Å². The lowest BCUT2D eigenvalue weighted by Gasteiger charge is -2.11. The van der Waals surface area contributed by atoms with Crippen LogP contribution in [0.25, 0.3) is 0 Å². The van der Waals surface area contributed by atoms with Crippen LogP contribution in [0.3, 0.4) is 0 Å². The zero-order valence-corrected chi connectivity index (χ0v) is 9.95. The van der Waals surface area contributed by atoms with Crippen LogP contribution in [0.1, 0.15) is 12.0 Å². The lowest BCUT2D eigenvalue weighted by atomic mass is 10.1. The summed E-state index contributed by atoms with van der Waals surface area (Å²) in [6, 6.07) is 8.09. The van der Waals surface area contributed by atoms with Crippen LogP contribution in [0.5, 0.6) is 0 Å². The molecule has 1 aromatic carbocycles. The summed E-state index contributed by atoms with van der Waals surface area (Å²) in [5.74, 6) is 0.818. The number of nitrogens with two attached hydrogens (primary N) is 1. The first-order valence-electron chi connectivity index (χ1n) is 5.98. The number of nitrogens with zero attached hydrogens (tertiary/aromatic N) is 1. The summed E-state index contributed by atoms with van der Waals surface area (Å²) in [5.41, 5.74) is 7.78. The second kappa shape index (κ2) is 5.32. The molecule has 2 rings (SSSR count). The number of nitrogens with one attached hydrogen (secondary N) is 1. The molecule has 0 amide bonds. The van der Waals surface area contributed by atoms with E-state index in [0.29, 0.717) is 0 Å². The molecule has 1 aliphatic heterocycles. The molecule has 0 saturated carbocycles. The number of hydrogen-bond acceptors (Lipinski definition) is 3. The van der Waals surface area contributed by atoms with E-state index in [1.165, 1.54) is 25.1 Å². The first-order chi connectivity index (χ1) is 7.74. The van der Waals surface area contributed by atoms with Crippen molar-refractivity contribution in [2.45, 2.75) is 13.0 Å². The highest BCUT2D eigenvalue weighted by Crippen LogP contribution is 2.13. The molecule has 16 heavy (non-hydrogen) atoms. The van der Waals surface area contributed by atoms with Gasteiger partial charge in [0.2, 0.25) is 0 Å². The molecule has 0 spiro atoms. The van der Waals surface area contributed by atoms with Crippen LogP contribution in [0.15, 0.2) is 24.3 Å². The largest absolute Gasteiger partial charge is 0.399 e. The molecule has 88 valence electrons. The number of nitrogen functional groups attached to an aromatic ring is 1. The second-order valence-electron chi connectivity index (χ2n) is 4.79. The number of anilines is 1. The highest BCUT2D eigenvalue weighted by molar-refractivity contribution is 5.39.